The summed E-state index contributed by atoms with van der Waals surface area (Å²) in [5, 5.41) is 12.1. The number of fused-ring (bicyclic) bond motifs is 1. The Bertz CT molecular complexity index is 2010. The second kappa shape index (κ2) is 16.2. The summed E-state index contributed by atoms with van der Waals surface area (Å²) in [4.78, 5) is 29.2. The van der Waals surface area contributed by atoms with Gasteiger partial charge in [-0.05, 0) is 35.4 Å². The molecule has 1 aliphatic rings. The molecule has 2 aromatic heterocycles. The van der Waals surface area contributed by atoms with Crippen molar-refractivity contribution < 1.29 is 18.8 Å². The molecule has 0 radical (unpaired) electrons. The van der Waals surface area contributed by atoms with Gasteiger partial charge in [0.25, 0.3) is 0 Å². The van der Waals surface area contributed by atoms with Crippen molar-refractivity contribution in [2.45, 2.75) is 51.2 Å². The number of rotatable bonds is 13. The maximum absolute atomic E-state index is 13.2. The zero-order chi connectivity index (χ0) is 37.8. The lowest BCUT2D eigenvalue weighted by atomic mass is 9.75. The van der Waals surface area contributed by atoms with Gasteiger partial charge in [0.2, 0.25) is 17.7 Å². The van der Waals surface area contributed by atoms with E-state index < -0.39 is 31.3 Å². The van der Waals surface area contributed by atoms with Gasteiger partial charge in [-0.1, -0.05) is 105 Å². The zero-order valence-corrected chi connectivity index (χ0v) is 32.1. The average molecular weight is 755 g/mol. The molecule has 1 saturated heterocycles. The van der Waals surface area contributed by atoms with E-state index in [1.807, 2.05) is 59.2 Å². The van der Waals surface area contributed by atoms with Crippen LogP contribution in [0.15, 0.2) is 97.3 Å². The first-order chi connectivity index (χ1) is 25.4. The van der Waals surface area contributed by atoms with Crippen LogP contribution in [0.3, 0.4) is 0 Å². The molecule has 0 saturated carbocycles. The molecule has 1 fully saturated rings. The smallest absolute Gasteiger partial charge is 0.247 e. The van der Waals surface area contributed by atoms with Gasteiger partial charge in [-0.3, -0.25) is 19.6 Å². The number of halogens is 1. The molecule has 276 valence electrons. The third kappa shape index (κ3) is 8.15. The Morgan fingerprint density at radius 1 is 1.00 bits per heavy atom. The summed E-state index contributed by atoms with van der Waals surface area (Å²) in [5.74, 6) is -0.420. The van der Waals surface area contributed by atoms with Crippen LogP contribution in [0.2, 0.25) is 0 Å². The molecule has 1 N–H and O–H groups in total. The van der Waals surface area contributed by atoms with Crippen molar-refractivity contribution in [3.63, 3.8) is 0 Å². The second-order valence-corrected chi connectivity index (χ2v) is 17.6. The first-order valence-corrected chi connectivity index (χ1v) is 20.5. The van der Waals surface area contributed by atoms with Gasteiger partial charge in [0, 0.05) is 38.9 Å². The molecule has 0 spiro atoms. The number of anilines is 1. The number of aromatic nitrogens is 4. The predicted molar refractivity (Wildman–Crippen MR) is 206 cm³/mol. The van der Waals surface area contributed by atoms with E-state index in [0.717, 1.165) is 16.7 Å². The first-order valence-electron chi connectivity index (χ1n) is 17.6. The third-order valence-corrected chi connectivity index (χ3v) is 11.7. The van der Waals surface area contributed by atoms with Gasteiger partial charge in [-0.2, -0.15) is 19.4 Å². The monoisotopic (exact) mass is 754 g/mol. The standard InChI is InChI=1S/C39H44ClN8O4P/c1-27(2)36(49)44-38-43-35-34(37(45-38)51-28(3)21-22-41)42-26-47(35)33-25-46(23-32(52-33)24-48(40)53(4,5)50)39(29-15-9-6-10-16-29,30-17-11-7-12-18-30)31-19-13-8-14-20-31/h6-20,26-28,32-33H,21,23-25H2,1-5H3,(H,43,44,45,49)/t28-,32-,33+/m0/s1. The lowest BCUT2D eigenvalue weighted by Gasteiger charge is -2.51. The summed E-state index contributed by atoms with van der Waals surface area (Å²) in [6, 6.07) is 33.2. The van der Waals surface area contributed by atoms with E-state index in [1.165, 1.54) is 4.19 Å². The topological polar surface area (TPSA) is 138 Å². The highest BCUT2D eigenvalue weighted by molar-refractivity contribution is 7.61. The molecule has 53 heavy (non-hydrogen) atoms. The van der Waals surface area contributed by atoms with E-state index in [0.29, 0.717) is 24.3 Å². The van der Waals surface area contributed by atoms with Crippen LogP contribution in [0, 0.1) is 17.2 Å². The SMILES string of the molecule is CC(C)C(=O)Nc1nc(O[C@@H](C)CC#N)c2ncn([C@H]3CN(C(c4ccccc4)(c4ccccc4)c4ccccc4)C[C@@H](CN(Cl)P(C)(C)=O)O3)c2n1. The van der Waals surface area contributed by atoms with Crippen molar-refractivity contribution in [1.82, 2.24) is 28.6 Å². The molecular formula is C39H44ClN8O4P. The summed E-state index contributed by atoms with van der Waals surface area (Å²) >= 11 is 6.71. The molecule has 0 bridgehead atoms. The first kappa shape index (κ1) is 38.1. The van der Waals surface area contributed by atoms with Crippen molar-refractivity contribution in [3.8, 4) is 11.9 Å². The van der Waals surface area contributed by atoms with Crippen molar-refractivity contribution >= 4 is 42.1 Å². The van der Waals surface area contributed by atoms with Gasteiger partial charge < -0.3 is 14.0 Å². The molecule has 3 atom stereocenters. The van der Waals surface area contributed by atoms with Crippen LogP contribution >= 0.6 is 19.1 Å². The Hall–Kier alpha value is -4.63. The number of morpholine rings is 1. The molecule has 14 heteroatoms. The lowest BCUT2D eigenvalue weighted by molar-refractivity contribution is -0.136. The van der Waals surface area contributed by atoms with Gasteiger partial charge in [0.15, 0.2) is 18.5 Å². The minimum absolute atomic E-state index is 0.0402. The average Bonchev–Trinajstić information content (AvgIpc) is 3.57. The van der Waals surface area contributed by atoms with Crippen LogP contribution in [-0.2, 0) is 19.6 Å². The second-order valence-electron chi connectivity index (χ2n) is 13.9. The van der Waals surface area contributed by atoms with E-state index >= 15 is 0 Å². The molecule has 0 unspecified atom stereocenters. The number of carbonyl (C=O) groups is 1. The van der Waals surface area contributed by atoms with Crippen LogP contribution in [0.25, 0.3) is 11.2 Å². The fourth-order valence-electron chi connectivity index (χ4n) is 6.65. The van der Waals surface area contributed by atoms with E-state index in [4.69, 9.17) is 26.2 Å². The van der Waals surface area contributed by atoms with Crippen molar-refractivity contribution in [1.29, 1.82) is 5.26 Å². The van der Waals surface area contributed by atoms with Crippen LogP contribution < -0.4 is 10.1 Å². The van der Waals surface area contributed by atoms with Crippen LogP contribution in [0.4, 0.5) is 5.95 Å². The number of imidazole rings is 1. The van der Waals surface area contributed by atoms with E-state index in [1.54, 1.807) is 40.4 Å². The Balaban J connectivity index is 1.55. The number of hydrogen-bond donors (Lipinski definition) is 1. The van der Waals surface area contributed by atoms with Crippen molar-refractivity contribution in [2.75, 3.05) is 38.3 Å². The molecule has 1 amide bonds. The summed E-state index contributed by atoms with van der Waals surface area (Å²) < 4.78 is 29.3. The highest BCUT2D eigenvalue weighted by Crippen LogP contribution is 2.47. The number of carbonyl (C=O) groups excluding carboxylic acids is 1. The quantitative estimate of drug-likeness (QED) is 0.0741. The Labute approximate surface area is 315 Å². The van der Waals surface area contributed by atoms with Crippen LogP contribution in [0.5, 0.6) is 5.88 Å². The summed E-state index contributed by atoms with van der Waals surface area (Å²) in [6.07, 6.45) is 0.0234. The summed E-state index contributed by atoms with van der Waals surface area (Å²) in [5.41, 5.74) is 3.07. The number of hydrogen-bond acceptors (Lipinski definition) is 9. The molecule has 5 aromatic rings. The maximum atomic E-state index is 13.2. The fourth-order valence-corrected chi connectivity index (χ4v) is 7.38. The Morgan fingerprint density at radius 2 is 1.57 bits per heavy atom. The van der Waals surface area contributed by atoms with Gasteiger partial charge >= 0.3 is 0 Å². The molecule has 0 aliphatic carbocycles. The molecule has 3 aromatic carbocycles. The van der Waals surface area contributed by atoms with Crippen LogP contribution in [-0.4, -0.2) is 79.7 Å². The number of benzene rings is 3. The largest absolute Gasteiger partial charge is 0.472 e. The van der Waals surface area contributed by atoms with E-state index in [2.05, 4.69) is 62.7 Å². The summed E-state index contributed by atoms with van der Waals surface area (Å²) in [6.45, 7) is 9.53. The number of amides is 1. The Kier molecular flexibility index (Phi) is 11.6. The predicted octanol–water partition coefficient (Wildman–Crippen LogP) is 7.29. The van der Waals surface area contributed by atoms with Gasteiger partial charge in [-0.25, -0.2) is 4.98 Å². The number of nitrogens with zero attached hydrogens (tertiary/aromatic N) is 7. The van der Waals surface area contributed by atoms with Gasteiger partial charge in [0.1, 0.15) is 12.3 Å². The van der Waals surface area contributed by atoms with Crippen molar-refractivity contribution in [2.24, 2.45) is 5.92 Å². The van der Waals surface area contributed by atoms with Gasteiger partial charge in [-0.15, -0.1) is 0 Å². The van der Waals surface area contributed by atoms with Crippen LogP contribution in [0.1, 0.15) is 50.1 Å². The van der Waals surface area contributed by atoms with E-state index in [9.17, 15) is 14.6 Å². The lowest BCUT2D eigenvalue weighted by Crippen LogP contribution is -2.57. The van der Waals surface area contributed by atoms with Gasteiger partial charge in [0.05, 0.1) is 30.5 Å². The third-order valence-electron chi connectivity index (χ3n) is 9.23. The normalized spacial score (nSPS) is 17.5. The highest BCUT2D eigenvalue weighted by Gasteiger charge is 2.47. The molecule has 1 aliphatic heterocycles. The minimum Gasteiger partial charge on any atom is -0.472 e. The Morgan fingerprint density at radius 3 is 2.08 bits per heavy atom. The molecule has 6 rings (SSSR count). The number of ether oxygens (including phenoxy) is 2. The fraction of sp³-hybridized carbons (Fsp3) is 0.359. The number of nitrogens with one attached hydrogen (secondary N) is 1. The molecular weight excluding hydrogens is 711 g/mol. The zero-order valence-electron chi connectivity index (χ0n) is 30.5. The maximum Gasteiger partial charge on any atom is 0.247 e. The molecule has 3 heterocycles. The summed E-state index contributed by atoms with van der Waals surface area (Å²) in [7, 11) is -2.85. The van der Waals surface area contributed by atoms with Crippen molar-refractivity contribution in [3.05, 3.63) is 114 Å². The van der Waals surface area contributed by atoms with E-state index in [-0.39, 0.29) is 36.6 Å². The highest BCUT2D eigenvalue weighted by atomic mass is 35.5. The number of nitriles is 1. The minimum atomic E-state index is -2.85. The molecule has 12 nitrogen and oxygen atoms in total.